The molecule has 3 heteroatoms. The van der Waals surface area contributed by atoms with Gasteiger partial charge in [-0.2, -0.15) is 0 Å². The Morgan fingerprint density at radius 3 is 2.69 bits per heavy atom. The summed E-state index contributed by atoms with van der Waals surface area (Å²) in [5.41, 5.74) is 1.07. The smallest absolute Gasteiger partial charge is 0.0568 e. The van der Waals surface area contributed by atoms with Gasteiger partial charge in [-0.1, -0.05) is 25.4 Å². The number of rotatable bonds is 3. The molecule has 1 nitrogen and oxygen atoms in total. The van der Waals surface area contributed by atoms with E-state index < -0.39 is 0 Å². The van der Waals surface area contributed by atoms with E-state index >= 15 is 0 Å². The third-order valence-electron chi connectivity index (χ3n) is 1.63. The van der Waals surface area contributed by atoms with Gasteiger partial charge in [-0.15, -0.1) is 0 Å². The Bertz CT molecular complexity index is 286. The molecular formula is C10H13BrClN. The van der Waals surface area contributed by atoms with Crippen molar-refractivity contribution in [3.05, 3.63) is 27.7 Å². The van der Waals surface area contributed by atoms with Crippen molar-refractivity contribution in [2.24, 2.45) is 5.92 Å². The average molecular weight is 263 g/mol. The number of hydrogen-bond donors (Lipinski definition) is 1. The van der Waals surface area contributed by atoms with Gasteiger partial charge in [0.2, 0.25) is 0 Å². The van der Waals surface area contributed by atoms with Gasteiger partial charge in [-0.3, -0.25) is 0 Å². The van der Waals surface area contributed by atoms with Crippen LogP contribution in [0.5, 0.6) is 0 Å². The van der Waals surface area contributed by atoms with Crippen LogP contribution in [0.15, 0.2) is 22.7 Å². The van der Waals surface area contributed by atoms with Crippen molar-refractivity contribution < 1.29 is 0 Å². The largest absolute Gasteiger partial charge is 0.385 e. The fourth-order valence-electron chi connectivity index (χ4n) is 0.928. The minimum atomic E-state index is 0.641. The molecule has 0 aliphatic carbocycles. The average Bonchev–Trinajstić information content (AvgIpc) is 2.07. The second kappa shape index (κ2) is 4.87. The zero-order valence-corrected chi connectivity index (χ0v) is 10.1. The predicted molar refractivity (Wildman–Crippen MR) is 62.5 cm³/mol. The topological polar surface area (TPSA) is 12.0 Å². The highest BCUT2D eigenvalue weighted by Crippen LogP contribution is 2.25. The lowest BCUT2D eigenvalue weighted by atomic mass is 10.2. The standard InChI is InChI=1S/C10H13BrClN/c1-7(2)6-13-8-3-4-9(11)10(12)5-8/h3-5,7,13H,6H2,1-2H3. The van der Waals surface area contributed by atoms with E-state index in [4.69, 9.17) is 11.6 Å². The maximum absolute atomic E-state index is 5.94. The molecule has 0 saturated heterocycles. The Labute approximate surface area is 92.6 Å². The van der Waals surface area contributed by atoms with Crippen LogP contribution in [0.2, 0.25) is 5.02 Å². The molecule has 0 aromatic heterocycles. The van der Waals surface area contributed by atoms with E-state index in [1.165, 1.54) is 0 Å². The Morgan fingerprint density at radius 2 is 2.15 bits per heavy atom. The summed E-state index contributed by atoms with van der Waals surface area (Å²) in [5, 5.41) is 4.05. The lowest BCUT2D eigenvalue weighted by Crippen LogP contribution is -2.07. The summed E-state index contributed by atoms with van der Waals surface area (Å²) in [6, 6.07) is 5.89. The minimum absolute atomic E-state index is 0.641. The van der Waals surface area contributed by atoms with Gasteiger partial charge in [0, 0.05) is 16.7 Å². The predicted octanol–water partition coefficient (Wildman–Crippen LogP) is 4.17. The molecule has 0 heterocycles. The van der Waals surface area contributed by atoms with E-state index in [-0.39, 0.29) is 0 Å². The van der Waals surface area contributed by atoms with Gasteiger partial charge in [-0.25, -0.2) is 0 Å². The lowest BCUT2D eigenvalue weighted by molar-refractivity contribution is 0.689. The SMILES string of the molecule is CC(C)CNc1ccc(Br)c(Cl)c1. The van der Waals surface area contributed by atoms with Crippen molar-refractivity contribution in [1.29, 1.82) is 0 Å². The van der Waals surface area contributed by atoms with E-state index in [2.05, 4.69) is 35.1 Å². The lowest BCUT2D eigenvalue weighted by Gasteiger charge is -2.09. The first kappa shape index (κ1) is 10.9. The summed E-state index contributed by atoms with van der Waals surface area (Å²) >= 11 is 9.29. The van der Waals surface area contributed by atoms with Crippen LogP contribution in [-0.2, 0) is 0 Å². The van der Waals surface area contributed by atoms with Crippen LogP contribution in [0.25, 0.3) is 0 Å². The molecule has 1 aromatic rings. The van der Waals surface area contributed by atoms with Gasteiger partial charge >= 0.3 is 0 Å². The maximum Gasteiger partial charge on any atom is 0.0568 e. The molecule has 0 aliphatic rings. The molecule has 0 fully saturated rings. The van der Waals surface area contributed by atoms with E-state index in [1.807, 2.05) is 18.2 Å². The summed E-state index contributed by atoms with van der Waals surface area (Å²) in [7, 11) is 0. The zero-order chi connectivity index (χ0) is 9.84. The molecule has 0 radical (unpaired) electrons. The Morgan fingerprint density at radius 1 is 1.46 bits per heavy atom. The molecule has 72 valence electrons. The second-order valence-corrected chi connectivity index (χ2v) is 4.67. The third-order valence-corrected chi connectivity index (χ3v) is 2.87. The first-order valence-electron chi connectivity index (χ1n) is 4.28. The van der Waals surface area contributed by atoms with Crippen molar-refractivity contribution >= 4 is 33.2 Å². The van der Waals surface area contributed by atoms with Gasteiger partial charge in [0.05, 0.1) is 5.02 Å². The van der Waals surface area contributed by atoms with Crippen molar-refractivity contribution in [3.8, 4) is 0 Å². The van der Waals surface area contributed by atoms with Crippen molar-refractivity contribution in [2.45, 2.75) is 13.8 Å². The quantitative estimate of drug-likeness (QED) is 0.862. The molecular weight excluding hydrogens is 249 g/mol. The molecule has 0 bridgehead atoms. The molecule has 0 atom stereocenters. The molecule has 0 saturated carbocycles. The fraction of sp³-hybridized carbons (Fsp3) is 0.400. The first-order valence-corrected chi connectivity index (χ1v) is 5.45. The number of nitrogens with one attached hydrogen (secondary N) is 1. The monoisotopic (exact) mass is 261 g/mol. The van der Waals surface area contributed by atoms with E-state index in [1.54, 1.807) is 0 Å². The summed E-state index contributed by atoms with van der Waals surface area (Å²) in [6.07, 6.45) is 0. The van der Waals surface area contributed by atoms with Crippen LogP contribution in [0.3, 0.4) is 0 Å². The third kappa shape index (κ3) is 3.57. The van der Waals surface area contributed by atoms with Crippen LogP contribution in [0.1, 0.15) is 13.8 Å². The number of anilines is 1. The fourth-order valence-corrected chi connectivity index (χ4v) is 1.36. The molecule has 0 aliphatic heterocycles. The summed E-state index contributed by atoms with van der Waals surface area (Å²) < 4.78 is 0.935. The summed E-state index contributed by atoms with van der Waals surface area (Å²) in [5.74, 6) is 0.641. The number of benzene rings is 1. The molecule has 0 amide bonds. The zero-order valence-electron chi connectivity index (χ0n) is 7.77. The number of hydrogen-bond acceptors (Lipinski definition) is 1. The van der Waals surface area contributed by atoms with Crippen LogP contribution in [-0.4, -0.2) is 6.54 Å². The first-order chi connectivity index (χ1) is 6.09. The van der Waals surface area contributed by atoms with Crippen molar-refractivity contribution in [3.63, 3.8) is 0 Å². The summed E-state index contributed by atoms with van der Waals surface area (Å²) in [4.78, 5) is 0. The Hall–Kier alpha value is -0.210. The van der Waals surface area contributed by atoms with E-state index in [9.17, 15) is 0 Å². The Balaban J connectivity index is 2.63. The van der Waals surface area contributed by atoms with Crippen LogP contribution >= 0.6 is 27.5 Å². The molecule has 13 heavy (non-hydrogen) atoms. The van der Waals surface area contributed by atoms with E-state index in [0.717, 1.165) is 21.7 Å². The van der Waals surface area contributed by atoms with Gasteiger partial charge in [0.15, 0.2) is 0 Å². The van der Waals surface area contributed by atoms with Crippen LogP contribution in [0.4, 0.5) is 5.69 Å². The van der Waals surface area contributed by atoms with E-state index in [0.29, 0.717) is 5.92 Å². The van der Waals surface area contributed by atoms with Gasteiger partial charge < -0.3 is 5.32 Å². The Kier molecular flexibility index (Phi) is 4.07. The molecule has 1 N–H and O–H groups in total. The van der Waals surface area contributed by atoms with Crippen LogP contribution in [0, 0.1) is 5.92 Å². The van der Waals surface area contributed by atoms with Crippen molar-refractivity contribution in [1.82, 2.24) is 0 Å². The minimum Gasteiger partial charge on any atom is -0.385 e. The highest BCUT2D eigenvalue weighted by Gasteiger charge is 1.99. The maximum atomic E-state index is 5.94. The molecule has 0 unspecified atom stereocenters. The highest BCUT2D eigenvalue weighted by molar-refractivity contribution is 9.10. The van der Waals surface area contributed by atoms with Crippen LogP contribution < -0.4 is 5.32 Å². The highest BCUT2D eigenvalue weighted by atomic mass is 79.9. The van der Waals surface area contributed by atoms with Gasteiger partial charge in [0.25, 0.3) is 0 Å². The summed E-state index contributed by atoms with van der Waals surface area (Å²) in [6.45, 7) is 5.32. The molecule has 1 rings (SSSR count). The normalized spacial score (nSPS) is 10.5. The van der Waals surface area contributed by atoms with Gasteiger partial charge in [-0.05, 0) is 40.0 Å². The number of halogens is 2. The second-order valence-electron chi connectivity index (χ2n) is 3.40. The molecule has 0 spiro atoms. The van der Waals surface area contributed by atoms with Gasteiger partial charge in [0.1, 0.15) is 0 Å². The van der Waals surface area contributed by atoms with Crippen molar-refractivity contribution in [2.75, 3.05) is 11.9 Å². The molecule has 1 aromatic carbocycles.